The lowest BCUT2D eigenvalue weighted by Crippen LogP contribution is -2.21. The van der Waals surface area contributed by atoms with E-state index in [2.05, 4.69) is 15.3 Å². The number of aryl methyl sites for hydroxylation is 2. The number of nitrogens with one attached hydrogen (secondary N) is 1. The number of anilines is 1. The molecule has 0 aliphatic heterocycles. The quantitative estimate of drug-likeness (QED) is 0.781. The highest BCUT2D eigenvalue weighted by Crippen LogP contribution is 2.23. The molecule has 0 atom stereocenters. The lowest BCUT2D eigenvalue weighted by molar-refractivity contribution is -0.118. The average Bonchev–Trinajstić information content (AvgIpc) is 2.56. The Morgan fingerprint density at radius 2 is 1.96 bits per heavy atom. The van der Waals surface area contributed by atoms with Crippen molar-refractivity contribution in [1.29, 1.82) is 0 Å². The van der Waals surface area contributed by atoms with E-state index < -0.39 is 0 Å². The molecule has 0 spiro atoms. The van der Waals surface area contributed by atoms with E-state index in [1.807, 2.05) is 37.3 Å². The van der Waals surface area contributed by atoms with Crippen molar-refractivity contribution in [3.63, 3.8) is 0 Å². The number of rotatable bonds is 4. The van der Waals surface area contributed by atoms with Gasteiger partial charge in [0.05, 0.1) is 10.9 Å². The van der Waals surface area contributed by atoms with Gasteiger partial charge in [-0.3, -0.25) is 4.79 Å². The molecule has 0 unspecified atom stereocenters. The van der Waals surface area contributed by atoms with Crippen LogP contribution in [-0.4, -0.2) is 22.5 Å². The zero-order chi connectivity index (χ0) is 17.1. The number of fused-ring (bicyclic) bond motifs is 1. The summed E-state index contributed by atoms with van der Waals surface area (Å²) in [5.41, 5.74) is 2.38. The number of ether oxygens (including phenoxy) is 1. The van der Waals surface area contributed by atoms with Gasteiger partial charge in [-0.15, -0.1) is 0 Å². The van der Waals surface area contributed by atoms with Gasteiger partial charge in [0, 0.05) is 10.7 Å². The molecule has 0 saturated heterocycles. The maximum absolute atomic E-state index is 12.1. The van der Waals surface area contributed by atoms with E-state index in [1.165, 1.54) is 0 Å². The lowest BCUT2D eigenvalue weighted by atomic mass is 10.2. The van der Waals surface area contributed by atoms with Gasteiger partial charge in [0.15, 0.2) is 6.61 Å². The molecular formula is C18H16ClN3O2. The second-order valence-corrected chi connectivity index (χ2v) is 5.83. The number of carbonyl (C=O) groups is 1. The second-order valence-electron chi connectivity index (χ2n) is 5.39. The molecule has 0 radical (unpaired) electrons. The Balaban J connectivity index is 1.74. The third-order valence-corrected chi connectivity index (χ3v) is 3.73. The molecule has 1 heterocycles. The molecule has 2 aromatic carbocycles. The maximum atomic E-state index is 12.1. The van der Waals surface area contributed by atoms with E-state index in [4.69, 9.17) is 16.3 Å². The molecule has 3 aromatic rings. The SMILES string of the molecule is Cc1nc(OCC(=O)Nc2cc(Cl)ccc2C)c2ccccc2n1. The molecule has 0 saturated carbocycles. The van der Waals surface area contributed by atoms with Crippen molar-refractivity contribution in [2.24, 2.45) is 0 Å². The first-order valence-corrected chi connectivity index (χ1v) is 7.83. The first-order valence-electron chi connectivity index (χ1n) is 7.45. The number of aromatic nitrogens is 2. The Hall–Kier alpha value is -2.66. The summed E-state index contributed by atoms with van der Waals surface area (Å²) in [6, 6.07) is 12.9. The molecule has 5 nitrogen and oxygen atoms in total. The van der Waals surface area contributed by atoms with Crippen molar-refractivity contribution >= 4 is 34.1 Å². The van der Waals surface area contributed by atoms with Crippen molar-refractivity contribution in [2.75, 3.05) is 11.9 Å². The van der Waals surface area contributed by atoms with Crippen LogP contribution in [0.3, 0.4) is 0 Å². The van der Waals surface area contributed by atoms with Gasteiger partial charge in [-0.1, -0.05) is 29.8 Å². The number of hydrogen-bond acceptors (Lipinski definition) is 4. The van der Waals surface area contributed by atoms with Crippen LogP contribution >= 0.6 is 11.6 Å². The fourth-order valence-corrected chi connectivity index (χ4v) is 2.49. The summed E-state index contributed by atoms with van der Waals surface area (Å²) in [6.07, 6.45) is 0. The number of nitrogens with zero attached hydrogens (tertiary/aromatic N) is 2. The molecular weight excluding hydrogens is 326 g/mol. The van der Waals surface area contributed by atoms with Crippen molar-refractivity contribution in [3.8, 4) is 5.88 Å². The van der Waals surface area contributed by atoms with E-state index in [-0.39, 0.29) is 12.5 Å². The Morgan fingerprint density at radius 1 is 1.17 bits per heavy atom. The fraction of sp³-hybridized carbons (Fsp3) is 0.167. The molecule has 1 amide bonds. The Bertz CT molecular complexity index is 912. The summed E-state index contributed by atoms with van der Waals surface area (Å²) in [5.74, 6) is 0.714. The van der Waals surface area contributed by atoms with Gasteiger partial charge < -0.3 is 10.1 Å². The molecule has 6 heteroatoms. The minimum Gasteiger partial charge on any atom is -0.467 e. The lowest BCUT2D eigenvalue weighted by Gasteiger charge is -2.11. The van der Waals surface area contributed by atoms with Crippen LogP contribution in [0.4, 0.5) is 5.69 Å². The standard InChI is InChI=1S/C18H16ClN3O2/c1-11-7-8-13(19)9-16(11)22-17(23)10-24-18-14-5-3-4-6-15(14)20-12(2)21-18/h3-9H,10H2,1-2H3,(H,22,23). The summed E-state index contributed by atoms with van der Waals surface area (Å²) < 4.78 is 5.61. The number of para-hydroxylation sites is 1. The molecule has 0 fully saturated rings. The number of halogens is 1. The molecule has 0 aliphatic rings. The number of amides is 1. The zero-order valence-corrected chi connectivity index (χ0v) is 14.1. The minimum atomic E-state index is -0.277. The van der Waals surface area contributed by atoms with E-state index >= 15 is 0 Å². The maximum Gasteiger partial charge on any atom is 0.262 e. The Morgan fingerprint density at radius 3 is 2.79 bits per heavy atom. The first-order chi connectivity index (χ1) is 11.5. The van der Waals surface area contributed by atoms with Crippen LogP contribution in [0.15, 0.2) is 42.5 Å². The third-order valence-electron chi connectivity index (χ3n) is 3.49. The fourth-order valence-electron chi connectivity index (χ4n) is 2.32. The molecule has 0 aliphatic carbocycles. The van der Waals surface area contributed by atoms with E-state index in [9.17, 15) is 4.79 Å². The molecule has 1 aromatic heterocycles. The highest BCUT2D eigenvalue weighted by molar-refractivity contribution is 6.31. The summed E-state index contributed by atoms with van der Waals surface area (Å²) in [6.45, 7) is 3.54. The summed E-state index contributed by atoms with van der Waals surface area (Å²) in [4.78, 5) is 20.8. The first kappa shape index (κ1) is 16.2. The van der Waals surface area contributed by atoms with E-state index in [1.54, 1.807) is 19.1 Å². The topological polar surface area (TPSA) is 64.1 Å². The zero-order valence-electron chi connectivity index (χ0n) is 13.3. The predicted molar refractivity (Wildman–Crippen MR) is 94.6 cm³/mol. The molecule has 24 heavy (non-hydrogen) atoms. The monoisotopic (exact) mass is 341 g/mol. The second kappa shape index (κ2) is 6.84. The number of hydrogen-bond donors (Lipinski definition) is 1. The van der Waals surface area contributed by atoms with Gasteiger partial charge in [0.2, 0.25) is 5.88 Å². The van der Waals surface area contributed by atoms with Gasteiger partial charge >= 0.3 is 0 Å². The van der Waals surface area contributed by atoms with Crippen LogP contribution < -0.4 is 10.1 Å². The molecule has 0 bridgehead atoms. The van der Waals surface area contributed by atoms with Gasteiger partial charge in [0.1, 0.15) is 5.82 Å². The van der Waals surface area contributed by atoms with Crippen molar-refractivity contribution < 1.29 is 9.53 Å². The summed E-state index contributed by atoms with van der Waals surface area (Å²) >= 11 is 5.96. The number of benzene rings is 2. The van der Waals surface area contributed by atoms with Gasteiger partial charge in [0.25, 0.3) is 5.91 Å². The highest BCUT2D eigenvalue weighted by atomic mass is 35.5. The van der Waals surface area contributed by atoms with Crippen LogP contribution in [0.5, 0.6) is 5.88 Å². The van der Waals surface area contributed by atoms with Crippen LogP contribution in [-0.2, 0) is 4.79 Å². The van der Waals surface area contributed by atoms with Gasteiger partial charge in [-0.25, -0.2) is 4.98 Å². The van der Waals surface area contributed by atoms with E-state index in [0.29, 0.717) is 22.4 Å². The highest BCUT2D eigenvalue weighted by Gasteiger charge is 2.10. The van der Waals surface area contributed by atoms with Crippen molar-refractivity contribution in [2.45, 2.75) is 13.8 Å². The minimum absolute atomic E-state index is 0.146. The Kier molecular flexibility index (Phi) is 4.62. The molecule has 1 N–H and O–H groups in total. The smallest absolute Gasteiger partial charge is 0.262 e. The average molecular weight is 342 g/mol. The Labute approximate surface area is 144 Å². The summed E-state index contributed by atoms with van der Waals surface area (Å²) in [5, 5.41) is 4.13. The molecule has 122 valence electrons. The largest absolute Gasteiger partial charge is 0.467 e. The van der Waals surface area contributed by atoms with Crippen molar-refractivity contribution in [3.05, 3.63) is 58.9 Å². The van der Waals surface area contributed by atoms with E-state index in [0.717, 1.165) is 16.5 Å². The molecule has 3 rings (SSSR count). The van der Waals surface area contributed by atoms with Crippen molar-refractivity contribution in [1.82, 2.24) is 9.97 Å². The summed E-state index contributed by atoms with van der Waals surface area (Å²) in [7, 11) is 0. The normalized spacial score (nSPS) is 10.6. The van der Waals surface area contributed by atoms with Crippen LogP contribution in [0.2, 0.25) is 5.02 Å². The van der Waals surface area contributed by atoms with Crippen LogP contribution in [0, 0.1) is 13.8 Å². The van der Waals surface area contributed by atoms with Gasteiger partial charge in [-0.05, 0) is 43.7 Å². The van der Waals surface area contributed by atoms with Gasteiger partial charge in [-0.2, -0.15) is 4.98 Å². The van der Waals surface area contributed by atoms with Crippen LogP contribution in [0.25, 0.3) is 10.9 Å². The third kappa shape index (κ3) is 3.63. The van der Waals surface area contributed by atoms with Crippen LogP contribution in [0.1, 0.15) is 11.4 Å². The number of carbonyl (C=O) groups excluding carboxylic acids is 1. The predicted octanol–water partition coefficient (Wildman–Crippen LogP) is 3.92.